The molecule has 0 bridgehead atoms. The zero-order chi connectivity index (χ0) is 8.91. The lowest BCUT2D eigenvalue weighted by Crippen LogP contribution is -2.15. The van der Waals surface area contributed by atoms with Gasteiger partial charge in [0.2, 0.25) is 0 Å². The molecule has 1 nitrogen and oxygen atoms in total. The van der Waals surface area contributed by atoms with Crippen LogP contribution in [0, 0.1) is 17.2 Å². The number of hydrogen-bond donors (Lipinski definition) is 0. The molecule has 0 aromatic carbocycles. The van der Waals surface area contributed by atoms with Crippen LogP contribution in [0.15, 0.2) is 0 Å². The predicted molar refractivity (Wildman–Crippen MR) is 38.2 cm³/mol. The monoisotopic (exact) mass is 229 g/mol. The van der Waals surface area contributed by atoms with E-state index in [1.54, 1.807) is 6.07 Å². The lowest BCUT2D eigenvalue weighted by Gasteiger charge is -2.11. The maximum atomic E-state index is 11.7. The Balaban J connectivity index is 3.80. The topological polar surface area (TPSA) is 23.8 Å². The molecule has 0 saturated carbocycles. The molecular formula is C6H7BrF3N. The van der Waals surface area contributed by atoms with Crippen molar-refractivity contribution in [1.82, 2.24) is 0 Å². The third-order valence-electron chi connectivity index (χ3n) is 1.12. The van der Waals surface area contributed by atoms with Gasteiger partial charge in [-0.1, -0.05) is 15.9 Å². The molecule has 5 heteroatoms. The molecule has 0 rings (SSSR count). The summed E-state index contributed by atoms with van der Waals surface area (Å²) in [6.07, 6.45) is -5.09. The minimum absolute atomic E-state index is 0.0508. The fourth-order valence-corrected chi connectivity index (χ4v) is 1.10. The number of halogens is 4. The Morgan fingerprint density at radius 2 is 2.00 bits per heavy atom. The number of nitrogens with zero attached hydrogens (tertiary/aromatic N) is 1. The van der Waals surface area contributed by atoms with E-state index in [0.717, 1.165) is 0 Å². The van der Waals surface area contributed by atoms with E-state index < -0.39 is 18.5 Å². The summed E-state index contributed by atoms with van der Waals surface area (Å²) in [6, 6.07) is 1.71. The van der Waals surface area contributed by atoms with Gasteiger partial charge in [-0.15, -0.1) is 0 Å². The van der Waals surface area contributed by atoms with Crippen LogP contribution in [0.1, 0.15) is 12.8 Å². The molecule has 0 saturated heterocycles. The van der Waals surface area contributed by atoms with E-state index in [1.807, 2.05) is 0 Å². The van der Waals surface area contributed by atoms with Gasteiger partial charge < -0.3 is 0 Å². The Hall–Kier alpha value is -0.240. The van der Waals surface area contributed by atoms with Crippen molar-refractivity contribution >= 4 is 15.9 Å². The zero-order valence-electron chi connectivity index (χ0n) is 5.66. The first-order valence-electron chi connectivity index (χ1n) is 2.99. The molecule has 0 aliphatic rings. The Morgan fingerprint density at radius 3 is 2.27 bits per heavy atom. The van der Waals surface area contributed by atoms with Gasteiger partial charge >= 0.3 is 6.18 Å². The number of rotatable bonds is 3. The molecule has 0 N–H and O–H groups in total. The molecule has 0 aromatic rings. The fourth-order valence-electron chi connectivity index (χ4n) is 0.638. The summed E-state index contributed by atoms with van der Waals surface area (Å²) in [5.41, 5.74) is 0. The molecule has 0 aliphatic heterocycles. The first-order valence-corrected chi connectivity index (χ1v) is 4.11. The van der Waals surface area contributed by atoms with Crippen LogP contribution < -0.4 is 0 Å². The fraction of sp³-hybridized carbons (Fsp3) is 0.833. The van der Waals surface area contributed by atoms with E-state index in [-0.39, 0.29) is 11.8 Å². The second-order valence-corrected chi connectivity index (χ2v) is 2.85. The van der Waals surface area contributed by atoms with Gasteiger partial charge in [-0.05, 0) is 5.92 Å². The third-order valence-corrected chi connectivity index (χ3v) is 2.03. The number of alkyl halides is 4. The Labute approximate surface area is 71.3 Å². The molecule has 0 aromatic heterocycles. The van der Waals surface area contributed by atoms with Crippen LogP contribution in [0.25, 0.3) is 0 Å². The first-order chi connectivity index (χ1) is 4.99. The van der Waals surface area contributed by atoms with Crippen LogP contribution in [-0.2, 0) is 0 Å². The highest BCUT2D eigenvalue weighted by atomic mass is 79.9. The van der Waals surface area contributed by atoms with Crippen LogP contribution in [0.4, 0.5) is 13.2 Å². The molecule has 0 amide bonds. The third kappa shape index (κ3) is 6.17. The van der Waals surface area contributed by atoms with E-state index in [1.165, 1.54) is 0 Å². The van der Waals surface area contributed by atoms with Crippen LogP contribution in [-0.4, -0.2) is 11.5 Å². The van der Waals surface area contributed by atoms with Gasteiger partial charge in [0.1, 0.15) is 0 Å². The van der Waals surface area contributed by atoms with Gasteiger partial charge in [0.15, 0.2) is 0 Å². The maximum absolute atomic E-state index is 11.7. The van der Waals surface area contributed by atoms with Crippen molar-refractivity contribution in [3.63, 3.8) is 0 Å². The predicted octanol–water partition coefficient (Wildman–Crippen LogP) is 2.86. The van der Waals surface area contributed by atoms with Gasteiger partial charge in [0.25, 0.3) is 0 Å². The van der Waals surface area contributed by atoms with Crippen LogP contribution >= 0.6 is 15.9 Å². The first kappa shape index (κ1) is 10.8. The van der Waals surface area contributed by atoms with E-state index in [2.05, 4.69) is 15.9 Å². The average Bonchev–Trinajstić information content (AvgIpc) is 1.84. The molecule has 0 fully saturated rings. The van der Waals surface area contributed by atoms with Gasteiger partial charge in [-0.25, -0.2) is 0 Å². The second-order valence-electron chi connectivity index (χ2n) is 2.20. The van der Waals surface area contributed by atoms with E-state index in [0.29, 0.717) is 0 Å². The molecule has 0 aliphatic carbocycles. The summed E-state index contributed by atoms with van der Waals surface area (Å²) in [7, 11) is 0. The van der Waals surface area contributed by atoms with E-state index in [4.69, 9.17) is 5.26 Å². The van der Waals surface area contributed by atoms with E-state index >= 15 is 0 Å². The Morgan fingerprint density at radius 1 is 1.45 bits per heavy atom. The quantitative estimate of drug-likeness (QED) is 0.684. The molecule has 0 spiro atoms. The molecule has 0 radical (unpaired) electrons. The van der Waals surface area contributed by atoms with Crippen molar-refractivity contribution < 1.29 is 13.2 Å². The van der Waals surface area contributed by atoms with Crippen LogP contribution in [0.3, 0.4) is 0 Å². The number of nitriles is 1. The minimum atomic E-state index is -4.16. The van der Waals surface area contributed by atoms with Crippen molar-refractivity contribution in [2.24, 2.45) is 5.92 Å². The maximum Gasteiger partial charge on any atom is 0.389 e. The zero-order valence-corrected chi connectivity index (χ0v) is 7.24. The molecule has 0 unspecified atom stereocenters. The van der Waals surface area contributed by atoms with Crippen molar-refractivity contribution in [3.05, 3.63) is 0 Å². The standard InChI is InChI=1S/C6H7BrF3N/c7-4-5(1-2-11)3-6(8,9)10/h5H,1,3-4H2/t5-/m0/s1. The second kappa shape index (κ2) is 4.60. The lowest BCUT2D eigenvalue weighted by atomic mass is 10.1. The van der Waals surface area contributed by atoms with Gasteiger partial charge in [-0.3, -0.25) is 0 Å². The normalized spacial score (nSPS) is 14.1. The average molecular weight is 230 g/mol. The number of hydrogen-bond acceptors (Lipinski definition) is 1. The van der Waals surface area contributed by atoms with Gasteiger partial charge in [0.05, 0.1) is 6.07 Å². The molecule has 0 heterocycles. The highest BCUT2D eigenvalue weighted by Gasteiger charge is 2.31. The lowest BCUT2D eigenvalue weighted by molar-refractivity contribution is -0.142. The highest BCUT2D eigenvalue weighted by molar-refractivity contribution is 9.09. The molecule has 64 valence electrons. The Bertz CT molecular complexity index is 149. The van der Waals surface area contributed by atoms with Crippen molar-refractivity contribution in [3.8, 4) is 6.07 Å². The van der Waals surface area contributed by atoms with Crippen molar-refractivity contribution in [2.75, 3.05) is 5.33 Å². The van der Waals surface area contributed by atoms with E-state index in [9.17, 15) is 13.2 Å². The SMILES string of the molecule is N#CC[C@H](CBr)CC(F)(F)F. The smallest absolute Gasteiger partial charge is 0.198 e. The highest BCUT2D eigenvalue weighted by Crippen LogP contribution is 2.27. The van der Waals surface area contributed by atoms with Crippen LogP contribution in [0.5, 0.6) is 0 Å². The summed E-state index contributed by atoms with van der Waals surface area (Å²) in [5.74, 6) is -0.611. The van der Waals surface area contributed by atoms with Crippen LogP contribution in [0.2, 0.25) is 0 Å². The van der Waals surface area contributed by atoms with Crippen molar-refractivity contribution in [1.29, 1.82) is 5.26 Å². The summed E-state index contributed by atoms with van der Waals surface area (Å²) in [4.78, 5) is 0. The van der Waals surface area contributed by atoms with Gasteiger partial charge in [-0.2, -0.15) is 18.4 Å². The van der Waals surface area contributed by atoms with Gasteiger partial charge in [0, 0.05) is 18.2 Å². The summed E-state index contributed by atoms with van der Waals surface area (Å²) < 4.78 is 35.1. The van der Waals surface area contributed by atoms with Crippen molar-refractivity contribution in [2.45, 2.75) is 19.0 Å². The molecule has 11 heavy (non-hydrogen) atoms. The Kier molecular flexibility index (Phi) is 4.50. The summed E-state index contributed by atoms with van der Waals surface area (Å²) >= 11 is 2.92. The molecular weight excluding hydrogens is 223 g/mol. The summed E-state index contributed by atoms with van der Waals surface area (Å²) in [6.45, 7) is 0. The largest absolute Gasteiger partial charge is 0.389 e. The molecule has 1 atom stereocenters. The minimum Gasteiger partial charge on any atom is -0.198 e. The summed E-state index contributed by atoms with van der Waals surface area (Å²) in [5, 5.41) is 8.35.